The predicted molar refractivity (Wildman–Crippen MR) is 71.7 cm³/mol. The molecular formula is C15H18F3NO2. The molecule has 1 aromatic rings. The molecule has 0 radical (unpaired) electrons. The molecule has 0 aliphatic carbocycles. The summed E-state index contributed by atoms with van der Waals surface area (Å²) in [5, 5.41) is 18.3. The Bertz CT molecular complexity index is 507. The van der Waals surface area contributed by atoms with Crippen LogP contribution in [0.25, 0.3) is 0 Å². The zero-order chi connectivity index (χ0) is 16.0. The Morgan fingerprint density at radius 1 is 1.38 bits per heavy atom. The van der Waals surface area contributed by atoms with Gasteiger partial charge in [0.1, 0.15) is 5.75 Å². The van der Waals surface area contributed by atoms with Gasteiger partial charge in [0, 0.05) is 5.92 Å². The summed E-state index contributed by atoms with van der Waals surface area (Å²) in [5.74, 6) is -0.0944. The maximum atomic E-state index is 12.8. The maximum absolute atomic E-state index is 12.8. The van der Waals surface area contributed by atoms with Crippen LogP contribution in [0.15, 0.2) is 18.2 Å². The summed E-state index contributed by atoms with van der Waals surface area (Å²) >= 11 is 0. The van der Waals surface area contributed by atoms with Gasteiger partial charge < -0.3 is 9.84 Å². The number of aliphatic hydroxyl groups excluding tert-OH is 1. The van der Waals surface area contributed by atoms with Crippen LogP contribution in [0.3, 0.4) is 0 Å². The van der Waals surface area contributed by atoms with Crippen molar-refractivity contribution in [3.63, 3.8) is 0 Å². The number of hydrogen-bond acceptors (Lipinski definition) is 3. The van der Waals surface area contributed by atoms with Crippen LogP contribution in [0, 0.1) is 17.2 Å². The largest absolute Gasteiger partial charge is 0.493 e. The van der Waals surface area contributed by atoms with Crippen molar-refractivity contribution in [2.45, 2.75) is 39.0 Å². The van der Waals surface area contributed by atoms with E-state index in [2.05, 4.69) is 0 Å². The van der Waals surface area contributed by atoms with Crippen LogP contribution in [-0.2, 0) is 6.18 Å². The minimum Gasteiger partial charge on any atom is -0.493 e. The molecule has 0 aromatic heterocycles. The number of ether oxygens (including phenoxy) is 1. The van der Waals surface area contributed by atoms with Gasteiger partial charge in [-0.15, -0.1) is 0 Å². The third-order valence-corrected chi connectivity index (χ3v) is 3.22. The normalized spacial score (nSPS) is 14.3. The molecule has 0 saturated carbocycles. The quantitative estimate of drug-likeness (QED) is 0.870. The van der Waals surface area contributed by atoms with Crippen LogP contribution in [0.1, 0.15) is 37.8 Å². The standard InChI is InChI=1S/C15H18F3NO2/c1-3-4-12(10(2)20)9-21-13-6-5-11(8-19)14(7-13)15(16,17)18/h5-7,10,12,20H,3-4,9H2,1-2H3. The summed E-state index contributed by atoms with van der Waals surface area (Å²) in [6.07, 6.45) is -3.62. The molecule has 1 aromatic carbocycles. The zero-order valence-electron chi connectivity index (χ0n) is 11.9. The van der Waals surface area contributed by atoms with Crippen molar-refractivity contribution in [3.05, 3.63) is 29.3 Å². The van der Waals surface area contributed by atoms with E-state index in [-0.39, 0.29) is 18.3 Å². The smallest absolute Gasteiger partial charge is 0.417 e. The fourth-order valence-electron chi connectivity index (χ4n) is 1.98. The third kappa shape index (κ3) is 4.94. The Labute approximate surface area is 122 Å². The van der Waals surface area contributed by atoms with Gasteiger partial charge in [0.25, 0.3) is 0 Å². The molecule has 0 amide bonds. The molecule has 116 valence electrons. The summed E-state index contributed by atoms with van der Waals surface area (Å²) in [7, 11) is 0. The molecule has 3 nitrogen and oxygen atoms in total. The van der Waals surface area contributed by atoms with E-state index in [0.717, 1.165) is 25.0 Å². The Morgan fingerprint density at radius 3 is 2.52 bits per heavy atom. The van der Waals surface area contributed by atoms with E-state index in [1.165, 1.54) is 12.1 Å². The number of aliphatic hydroxyl groups is 1. The summed E-state index contributed by atoms with van der Waals surface area (Å²) < 4.78 is 43.8. The summed E-state index contributed by atoms with van der Waals surface area (Å²) in [6, 6.07) is 4.76. The highest BCUT2D eigenvalue weighted by Gasteiger charge is 2.34. The number of hydrogen-bond donors (Lipinski definition) is 1. The zero-order valence-corrected chi connectivity index (χ0v) is 11.9. The van der Waals surface area contributed by atoms with Gasteiger partial charge in [-0.2, -0.15) is 18.4 Å². The first kappa shape index (κ1) is 17.3. The van der Waals surface area contributed by atoms with E-state index in [9.17, 15) is 18.3 Å². The molecule has 0 aliphatic rings. The van der Waals surface area contributed by atoms with Crippen molar-refractivity contribution in [1.82, 2.24) is 0 Å². The van der Waals surface area contributed by atoms with Crippen molar-refractivity contribution in [2.24, 2.45) is 5.92 Å². The first-order valence-corrected chi connectivity index (χ1v) is 6.71. The second-order valence-electron chi connectivity index (χ2n) is 4.92. The molecular weight excluding hydrogens is 283 g/mol. The SMILES string of the molecule is CCCC(COc1ccc(C#N)c(C(F)(F)F)c1)C(C)O. The Kier molecular flexibility index (Phi) is 6.03. The third-order valence-electron chi connectivity index (χ3n) is 3.22. The highest BCUT2D eigenvalue weighted by Crippen LogP contribution is 2.34. The molecule has 0 fully saturated rings. The fraction of sp³-hybridized carbons (Fsp3) is 0.533. The van der Waals surface area contributed by atoms with E-state index in [1.807, 2.05) is 6.92 Å². The predicted octanol–water partition coefficient (Wildman–Crippen LogP) is 3.75. The van der Waals surface area contributed by atoms with Crippen LogP contribution in [0.2, 0.25) is 0 Å². The monoisotopic (exact) mass is 301 g/mol. The van der Waals surface area contributed by atoms with Gasteiger partial charge in [-0.3, -0.25) is 0 Å². The minimum atomic E-state index is -4.60. The van der Waals surface area contributed by atoms with Crippen LogP contribution >= 0.6 is 0 Å². The molecule has 2 unspecified atom stereocenters. The topological polar surface area (TPSA) is 53.2 Å². The second kappa shape index (κ2) is 7.32. The lowest BCUT2D eigenvalue weighted by molar-refractivity contribution is -0.137. The number of nitriles is 1. The highest BCUT2D eigenvalue weighted by atomic mass is 19.4. The lowest BCUT2D eigenvalue weighted by atomic mass is 9.99. The summed E-state index contributed by atoms with van der Waals surface area (Å²) in [5.41, 5.74) is -1.44. The summed E-state index contributed by atoms with van der Waals surface area (Å²) in [6.45, 7) is 3.72. The fourth-order valence-corrected chi connectivity index (χ4v) is 1.98. The molecule has 6 heteroatoms. The molecule has 1 N–H and O–H groups in total. The number of nitrogens with zero attached hydrogens (tertiary/aromatic N) is 1. The van der Waals surface area contributed by atoms with Crippen molar-refractivity contribution >= 4 is 0 Å². The average molecular weight is 301 g/mol. The van der Waals surface area contributed by atoms with Crippen molar-refractivity contribution in [3.8, 4) is 11.8 Å². The van der Waals surface area contributed by atoms with E-state index >= 15 is 0 Å². The van der Waals surface area contributed by atoms with Gasteiger partial charge >= 0.3 is 6.18 Å². The lowest BCUT2D eigenvalue weighted by Crippen LogP contribution is -2.23. The minimum absolute atomic E-state index is 0.0445. The highest BCUT2D eigenvalue weighted by molar-refractivity contribution is 5.44. The van der Waals surface area contributed by atoms with Crippen molar-refractivity contribution < 1.29 is 23.0 Å². The van der Waals surface area contributed by atoms with E-state index in [1.54, 1.807) is 6.92 Å². The van der Waals surface area contributed by atoms with Crippen LogP contribution < -0.4 is 4.74 Å². The number of rotatable bonds is 6. The number of halogens is 3. The second-order valence-corrected chi connectivity index (χ2v) is 4.92. The van der Waals surface area contributed by atoms with Gasteiger partial charge in [0.2, 0.25) is 0 Å². The van der Waals surface area contributed by atoms with Crippen LogP contribution in [-0.4, -0.2) is 17.8 Å². The number of alkyl halides is 3. The first-order valence-electron chi connectivity index (χ1n) is 6.71. The van der Waals surface area contributed by atoms with E-state index < -0.39 is 23.4 Å². The van der Waals surface area contributed by atoms with Gasteiger partial charge in [-0.05, 0) is 31.5 Å². The molecule has 0 saturated heterocycles. The summed E-state index contributed by atoms with van der Waals surface area (Å²) in [4.78, 5) is 0. The van der Waals surface area contributed by atoms with Gasteiger partial charge in [0.05, 0.1) is 29.9 Å². The number of benzene rings is 1. The van der Waals surface area contributed by atoms with E-state index in [0.29, 0.717) is 0 Å². The molecule has 0 heterocycles. The molecule has 0 bridgehead atoms. The molecule has 0 aliphatic heterocycles. The van der Waals surface area contributed by atoms with Crippen molar-refractivity contribution in [2.75, 3.05) is 6.61 Å². The molecule has 1 rings (SSSR count). The maximum Gasteiger partial charge on any atom is 0.417 e. The van der Waals surface area contributed by atoms with Crippen LogP contribution in [0.5, 0.6) is 5.75 Å². The Morgan fingerprint density at radius 2 is 2.05 bits per heavy atom. The van der Waals surface area contributed by atoms with Gasteiger partial charge in [-0.25, -0.2) is 0 Å². The first-order chi connectivity index (χ1) is 9.79. The Hall–Kier alpha value is -1.74. The molecule has 0 spiro atoms. The van der Waals surface area contributed by atoms with Gasteiger partial charge in [-0.1, -0.05) is 13.3 Å². The Balaban J connectivity index is 2.88. The van der Waals surface area contributed by atoms with Gasteiger partial charge in [0.15, 0.2) is 0 Å². The average Bonchev–Trinajstić information content (AvgIpc) is 2.41. The lowest BCUT2D eigenvalue weighted by Gasteiger charge is -2.20. The van der Waals surface area contributed by atoms with Crippen molar-refractivity contribution in [1.29, 1.82) is 5.26 Å². The van der Waals surface area contributed by atoms with Crippen LogP contribution in [0.4, 0.5) is 13.2 Å². The molecule has 21 heavy (non-hydrogen) atoms. The molecule has 2 atom stereocenters. The van der Waals surface area contributed by atoms with E-state index in [4.69, 9.17) is 10.00 Å².